The van der Waals surface area contributed by atoms with Gasteiger partial charge in [0.25, 0.3) is 0 Å². The highest BCUT2D eigenvalue weighted by atomic mass is 16.5. The Bertz CT molecular complexity index is 516. The van der Waals surface area contributed by atoms with E-state index in [0.717, 1.165) is 0 Å². The molecule has 0 aromatic heterocycles. The van der Waals surface area contributed by atoms with Gasteiger partial charge in [0.05, 0.1) is 24.0 Å². The Hall–Kier alpha value is -2.08. The summed E-state index contributed by atoms with van der Waals surface area (Å²) >= 11 is 0. The van der Waals surface area contributed by atoms with E-state index in [1.165, 1.54) is 13.2 Å². The molecule has 1 heterocycles. The fourth-order valence-electron chi connectivity index (χ4n) is 2.22. The van der Waals surface area contributed by atoms with Crippen molar-refractivity contribution in [3.05, 3.63) is 23.8 Å². The SMILES string of the molecule is COC(=O)c1ccc(N2CC(CN)CC2=O)c(N)c1. The predicted molar refractivity (Wildman–Crippen MR) is 71.7 cm³/mol. The van der Waals surface area contributed by atoms with Crippen LogP contribution in [-0.2, 0) is 9.53 Å². The molecular weight excluding hydrogens is 246 g/mol. The van der Waals surface area contributed by atoms with Crippen LogP contribution in [0.15, 0.2) is 18.2 Å². The molecule has 1 aliphatic heterocycles. The molecule has 102 valence electrons. The second-order valence-electron chi connectivity index (χ2n) is 4.58. The van der Waals surface area contributed by atoms with Gasteiger partial charge >= 0.3 is 5.97 Å². The number of esters is 1. The van der Waals surface area contributed by atoms with Crippen molar-refractivity contribution in [2.24, 2.45) is 11.7 Å². The molecule has 4 N–H and O–H groups in total. The molecule has 0 saturated carbocycles. The quantitative estimate of drug-likeness (QED) is 0.606. The van der Waals surface area contributed by atoms with Crippen molar-refractivity contribution in [2.75, 3.05) is 30.8 Å². The van der Waals surface area contributed by atoms with Gasteiger partial charge in [-0.05, 0) is 30.7 Å². The van der Waals surface area contributed by atoms with E-state index in [9.17, 15) is 9.59 Å². The van der Waals surface area contributed by atoms with Crippen LogP contribution in [0, 0.1) is 5.92 Å². The van der Waals surface area contributed by atoms with Crippen LogP contribution in [0.1, 0.15) is 16.8 Å². The average Bonchev–Trinajstić information content (AvgIpc) is 2.79. The highest BCUT2D eigenvalue weighted by molar-refractivity contribution is 6.00. The monoisotopic (exact) mass is 263 g/mol. The number of benzene rings is 1. The fourth-order valence-corrected chi connectivity index (χ4v) is 2.22. The highest BCUT2D eigenvalue weighted by Crippen LogP contribution is 2.30. The Morgan fingerprint density at radius 2 is 2.26 bits per heavy atom. The maximum atomic E-state index is 11.9. The predicted octanol–water partition coefficient (Wildman–Crippen LogP) is 0.367. The van der Waals surface area contributed by atoms with Crippen molar-refractivity contribution in [3.63, 3.8) is 0 Å². The van der Waals surface area contributed by atoms with Gasteiger partial charge in [-0.1, -0.05) is 0 Å². The zero-order valence-electron chi connectivity index (χ0n) is 10.8. The lowest BCUT2D eigenvalue weighted by Crippen LogP contribution is -2.26. The number of nitrogens with zero attached hydrogens (tertiary/aromatic N) is 1. The second-order valence-corrected chi connectivity index (χ2v) is 4.58. The minimum absolute atomic E-state index is 0.00738. The number of hydrogen-bond donors (Lipinski definition) is 2. The fraction of sp³-hybridized carbons (Fsp3) is 0.385. The molecule has 6 heteroatoms. The number of ether oxygens (including phenoxy) is 1. The summed E-state index contributed by atoms with van der Waals surface area (Å²) in [6, 6.07) is 4.78. The first-order chi connectivity index (χ1) is 9.06. The normalized spacial score (nSPS) is 18.7. The summed E-state index contributed by atoms with van der Waals surface area (Å²) in [7, 11) is 1.31. The van der Waals surface area contributed by atoms with Gasteiger partial charge < -0.3 is 21.1 Å². The molecule has 0 bridgehead atoms. The molecular formula is C13H17N3O3. The molecule has 0 spiro atoms. The van der Waals surface area contributed by atoms with Crippen molar-refractivity contribution < 1.29 is 14.3 Å². The van der Waals surface area contributed by atoms with Crippen LogP contribution in [0.25, 0.3) is 0 Å². The van der Waals surface area contributed by atoms with Crippen LogP contribution in [0.2, 0.25) is 0 Å². The molecule has 0 aliphatic carbocycles. The van der Waals surface area contributed by atoms with Crippen LogP contribution in [0.5, 0.6) is 0 Å². The first kappa shape index (κ1) is 13.4. The van der Waals surface area contributed by atoms with Crippen LogP contribution in [-0.4, -0.2) is 32.1 Å². The van der Waals surface area contributed by atoms with Crippen LogP contribution < -0.4 is 16.4 Å². The van der Waals surface area contributed by atoms with Crippen molar-refractivity contribution in [2.45, 2.75) is 6.42 Å². The molecule has 1 atom stereocenters. The maximum absolute atomic E-state index is 11.9. The molecule has 0 radical (unpaired) electrons. The van der Waals surface area contributed by atoms with Gasteiger partial charge in [0.15, 0.2) is 0 Å². The molecule has 1 unspecified atom stereocenters. The van der Waals surface area contributed by atoms with Crippen molar-refractivity contribution in [1.29, 1.82) is 0 Å². The standard InChI is InChI=1S/C13H17N3O3/c1-19-13(18)9-2-3-11(10(15)5-9)16-7-8(6-14)4-12(16)17/h2-3,5,8H,4,6-7,14-15H2,1H3. The number of rotatable bonds is 3. The van der Waals surface area contributed by atoms with Gasteiger partial charge in [-0.15, -0.1) is 0 Å². The largest absolute Gasteiger partial charge is 0.465 e. The third-order valence-electron chi connectivity index (χ3n) is 3.28. The number of carbonyl (C=O) groups excluding carboxylic acids is 2. The maximum Gasteiger partial charge on any atom is 0.337 e. The Labute approximate surface area is 111 Å². The van der Waals surface area contributed by atoms with E-state index in [1.807, 2.05) is 0 Å². The number of nitrogen functional groups attached to an aromatic ring is 1. The summed E-state index contributed by atoms with van der Waals surface area (Å²) in [5.74, 6) is -0.286. The summed E-state index contributed by atoms with van der Waals surface area (Å²) in [5, 5.41) is 0. The van der Waals surface area contributed by atoms with E-state index < -0.39 is 5.97 Å². The molecule has 2 rings (SSSR count). The van der Waals surface area contributed by atoms with Gasteiger partial charge in [0, 0.05) is 13.0 Å². The summed E-state index contributed by atoms with van der Waals surface area (Å²) in [6.45, 7) is 1.04. The van der Waals surface area contributed by atoms with Gasteiger partial charge in [-0.25, -0.2) is 4.79 Å². The van der Waals surface area contributed by atoms with Gasteiger partial charge in [0.1, 0.15) is 0 Å². The van der Waals surface area contributed by atoms with Crippen molar-refractivity contribution >= 4 is 23.3 Å². The molecule has 1 aromatic rings. The number of nitrogens with two attached hydrogens (primary N) is 2. The Balaban J connectivity index is 2.27. The Kier molecular flexibility index (Phi) is 3.71. The first-order valence-corrected chi connectivity index (χ1v) is 6.05. The summed E-state index contributed by atoms with van der Waals surface area (Å²) in [5.41, 5.74) is 12.9. The number of anilines is 2. The Morgan fingerprint density at radius 3 is 2.79 bits per heavy atom. The van der Waals surface area contributed by atoms with E-state index >= 15 is 0 Å². The summed E-state index contributed by atoms with van der Waals surface area (Å²) < 4.78 is 4.62. The molecule has 6 nitrogen and oxygen atoms in total. The molecule has 1 saturated heterocycles. The van der Waals surface area contributed by atoms with E-state index in [0.29, 0.717) is 36.4 Å². The lowest BCUT2D eigenvalue weighted by Gasteiger charge is -2.19. The zero-order valence-corrected chi connectivity index (χ0v) is 10.8. The highest BCUT2D eigenvalue weighted by Gasteiger charge is 2.30. The van der Waals surface area contributed by atoms with E-state index in [1.54, 1.807) is 17.0 Å². The van der Waals surface area contributed by atoms with Crippen molar-refractivity contribution in [3.8, 4) is 0 Å². The number of amides is 1. The summed E-state index contributed by atoms with van der Waals surface area (Å²) in [4.78, 5) is 24.9. The van der Waals surface area contributed by atoms with E-state index in [-0.39, 0.29) is 11.8 Å². The molecule has 1 amide bonds. The third kappa shape index (κ3) is 2.53. The number of carbonyl (C=O) groups is 2. The molecule has 1 aliphatic rings. The minimum atomic E-state index is -0.453. The molecule has 1 aromatic carbocycles. The van der Waals surface area contributed by atoms with Crippen LogP contribution >= 0.6 is 0 Å². The first-order valence-electron chi connectivity index (χ1n) is 6.05. The van der Waals surface area contributed by atoms with Gasteiger partial charge in [0.2, 0.25) is 5.91 Å². The van der Waals surface area contributed by atoms with E-state index in [2.05, 4.69) is 4.74 Å². The molecule has 19 heavy (non-hydrogen) atoms. The lowest BCUT2D eigenvalue weighted by molar-refractivity contribution is -0.117. The van der Waals surface area contributed by atoms with Crippen LogP contribution in [0.4, 0.5) is 11.4 Å². The second kappa shape index (κ2) is 5.27. The average molecular weight is 263 g/mol. The van der Waals surface area contributed by atoms with Gasteiger partial charge in [-0.3, -0.25) is 4.79 Å². The zero-order chi connectivity index (χ0) is 14.0. The third-order valence-corrected chi connectivity index (χ3v) is 3.28. The lowest BCUT2D eigenvalue weighted by atomic mass is 10.1. The Morgan fingerprint density at radius 1 is 1.53 bits per heavy atom. The van der Waals surface area contributed by atoms with E-state index in [4.69, 9.17) is 11.5 Å². The topological polar surface area (TPSA) is 98.6 Å². The number of methoxy groups -OCH3 is 1. The smallest absolute Gasteiger partial charge is 0.337 e. The molecule has 1 fully saturated rings. The van der Waals surface area contributed by atoms with Gasteiger partial charge in [-0.2, -0.15) is 0 Å². The van der Waals surface area contributed by atoms with Crippen LogP contribution in [0.3, 0.4) is 0 Å². The van der Waals surface area contributed by atoms with Crippen molar-refractivity contribution in [1.82, 2.24) is 0 Å². The minimum Gasteiger partial charge on any atom is -0.465 e. The summed E-state index contributed by atoms with van der Waals surface area (Å²) in [6.07, 6.45) is 0.439. The number of hydrogen-bond acceptors (Lipinski definition) is 5.